The lowest BCUT2D eigenvalue weighted by atomic mass is 10.2. The third-order valence-electron chi connectivity index (χ3n) is 1.79. The molecule has 0 spiro atoms. The monoisotopic (exact) mass is 210 g/mol. The second kappa shape index (κ2) is 7.04. The molecule has 15 heavy (non-hydrogen) atoms. The molecule has 0 radical (unpaired) electrons. The summed E-state index contributed by atoms with van der Waals surface area (Å²) in [6.07, 6.45) is 7.40. The van der Waals surface area contributed by atoms with Gasteiger partial charge < -0.3 is 4.74 Å². The van der Waals surface area contributed by atoms with Crippen molar-refractivity contribution in [2.45, 2.75) is 27.7 Å². The largest absolute Gasteiger partial charge is 0.494 e. The van der Waals surface area contributed by atoms with Gasteiger partial charge in [0.2, 0.25) is 0 Å². The third kappa shape index (κ3) is 5.21. The lowest BCUT2D eigenvalue weighted by Gasteiger charge is -2.05. The Balaban J connectivity index is 4.98. The van der Waals surface area contributed by atoms with E-state index in [1.807, 2.05) is 32.1 Å². The van der Waals surface area contributed by atoms with Crippen LogP contribution in [-0.4, -0.2) is 7.11 Å². The van der Waals surface area contributed by atoms with Crippen LogP contribution < -0.4 is 0 Å². The third-order valence-corrected chi connectivity index (χ3v) is 1.79. The van der Waals surface area contributed by atoms with Crippen LogP contribution in [0.5, 0.6) is 0 Å². The number of hydrogen-bond donors (Lipinski definition) is 0. The molecule has 0 N–H and O–H groups in total. The van der Waals surface area contributed by atoms with Gasteiger partial charge in [-0.1, -0.05) is 18.2 Å². The highest BCUT2D eigenvalue weighted by atomic mass is 19.1. The SMILES string of the molecule is C\C=C/C=C(C)/C=C(/OC)C(F)=C(C)C. The van der Waals surface area contributed by atoms with Gasteiger partial charge in [-0.2, -0.15) is 0 Å². The molecular formula is C13H19FO. The molecule has 0 saturated carbocycles. The predicted octanol–water partition coefficient (Wildman–Crippen LogP) is 4.30. The van der Waals surface area contributed by atoms with Gasteiger partial charge in [0.25, 0.3) is 0 Å². The molecule has 0 heterocycles. The highest BCUT2D eigenvalue weighted by Gasteiger charge is 2.05. The van der Waals surface area contributed by atoms with Crippen LogP contribution in [0.2, 0.25) is 0 Å². The summed E-state index contributed by atoms with van der Waals surface area (Å²) in [5, 5.41) is 0. The van der Waals surface area contributed by atoms with Crippen molar-refractivity contribution in [3.8, 4) is 0 Å². The van der Waals surface area contributed by atoms with Crippen LogP contribution in [0, 0.1) is 0 Å². The average molecular weight is 210 g/mol. The van der Waals surface area contributed by atoms with Gasteiger partial charge in [0.05, 0.1) is 7.11 Å². The maximum absolute atomic E-state index is 13.5. The van der Waals surface area contributed by atoms with Gasteiger partial charge in [-0.25, -0.2) is 4.39 Å². The minimum Gasteiger partial charge on any atom is -0.494 e. The van der Waals surface area contributed by atoms with Gasteiger partial charge in [0.15, 0.2) is 11.6 Å². The number of allylic oxidation sites excluding steroid dienone is 7. The zero-order valence-corrected chi connectivity index (χ0v) is 10.1. The van der Waals surface area contributed by atoms with Gasteiger partial charge in [-0.15, -0.1) is 0 Å². The van der Waals surface area contributed by atoms with Crippen LogP contribution in [0.15, 0.2) is 47.0 Å². The van der Waals surface area contributed by atoms with Crippen LogP contribution >= 0.6 is 0 Å². The standard InChI is InChI=1S/C13H19FO/c1-6-7-8-11(4)9-12(15-5)13(14)10(2)3/h6-9H,1-5H3/b7-6-,11-8+,12-9+. The number of ether oxygens (including phenoxy) is 1. The van der Waals surface area contributed by atoms with Crippen LogP contribution in [0.1, 0.15) is 27.7 Å². The van der Waals surface area contributed by atoms with Crippen molar-refractivity contribution in [1.29, 1.82) is 0 Å². The van der Waals surface area contributed by atoms with Crippen molar-refractivity contribution in [1.82, 2.24) is 0 Å². The summed E-state index contributed by atoms with van der Waals surface area (Å²) in [4.78, 5) is 0. The molecule has 0 aromatic rings. The van der Waals surface area contributed by atoms with Crippen LogP contribution in [-0.2, 0) is 4.74 Å². The molecule has 0 bridgehead atoms. The van der Waals surface area contributed by atoms with Gasteiger partial charge in [0, 0.05) is 0 Å². The number of halogens is 1. The van der Waals surface area contributed by atoms with Gasteiger partial charge in [0.1, 0.15) is 0 Å². The molecule has 2 heteroatoms. The summed E-state index contributed by atoms with van der Waals surface area (Å²) in [5.74, 6) is -0.0287. The van der Waals surface area contributed by atoms with Gasteiger partial charge in [-0.3, -0.25) is 0 Å². The smallest absolute Gasteiger partial charge is 0.163 e. The summed E-state index contributed by atoms with van der Waals surface area (Å²) in [6, 6.07) is 0. The molecule has 1 nitrogen and oxygen atoms in total. The minimum absolute atomic E-state index is 0.272. The average Bonchev–Trinajstić information content (AvgIpc) is 2.21. The lowest BCUT2D eigenvalue weighted by molar-refractivity contribution is 0.281. The quantitative estimate of drug-likeness (QED) is 0.496. The molecule has 0 fully saturated rings. The van der Waals surface area contributed by atoms with E-state index in [-0.39, 0.29) is 11.6 Å². The Kier molecular flexibility index (Phi) is 6.43. The van der Waals surface area contributed by atoms with E-state index in [4.69, 9.17) is 4.74 Å². The van der Waals surface area contributed by atoms with E-state index in [1.165, 1.54) is 7.11 Å². The summed E-state index contributed by atoms with van der Waals surface area (Å²) in [6.45, 7) is 7.26. The highest BCUT2D eigenvalue weighted by Crippen LogP contribution is 2.18. The van der Waals surface area contributed by atoms with Crippen molar-refractivity contribution >= 4 is 0 Å². The van der Waals surface area contributed by atoms with Crippen LogP contribution in [0.25, 0.3) is 0 Å². The fourth-order valence-corrected chi connectivity index (χ4v) is 0.961. The summed E-state index contributed by atoms with van der Waals surface area (Å²) >= 11 is 0. The fraction of sp³-hybridized carbons (Fsp3) is 0.385. The Morgan fingerprint density at radius 3 is 2.20 bits per heavy atom. The molecule has 0 saturated heterocycles. The second-order valence-corrected chi connectivity index (χ2v) is 3.46. The number of hydrogen-bond acceptors (Lipinski definition) is 1. The van der Waals surface area contributed by atoms with Gasteiger partial charge in [-0.05, 0) is 44.9 Å². The minimum atomic E-state index is -0.300. The van der Waals surface area contributed by atoms with Crippen molar-refractivity contribution in [3.05, 3.63) is 47.0 Å². The van der Waals surface area contributed by atoms with Crippen LogP contribution in [0.3, 0.4) is 0 Å². The van der Waals surface area contributed by atoms with E-state index in [9.17, 15) is 4.39 Å². The summed E-state index contributed by atoms with van der Waals surface area (Å²) < 4.78 is 18.5. The molecule has 0 aliphatic rings. The van der Waals surface area contributed by atoms with Crippen molar-refractivity contribution in [2.75, 3.05) is 7.11 Å². The maximum atomic E-state index is 13.5. The molecule has 0 aliphatic heterocycles. The molecule has 0 aromatic carbocycles. The van der Waals surface area contributed by atoms with E-state index in [0.29, 0.717) is 5.57 Å². The summed E-state index contributed by atoms with van der Waals surface area (Å²) in [5.41, 5.74) is 1.56. The first-order valence-corrected chi connectivity index (χ1v) is 4.91. The first-order valence-electron chi connectivity index (χ1n) is 4.91. The zero-order chi connectivity index (χ0) is 11.8. The van der Waals surface area contributed by atoms with E-state index in [1.54, 1.807) is 19.9 Å². The van der Waals surface area contributed by atoms with Crippen molar-refractivity contribution in [3.63, 3.8) is 0 Å². The zero-order valence-electron chi connectivity index (χ0n) is 10.1. The summed E-state index contributed by atoms with van der Waals surface area (Å²) in [7, 11) is 1.47. The van der Waals surface area contributed by atoms with E-state index >= 15 is 0 Å². The molecule has 0 aromatic heterocycles. The molecule has 0 amide bonds. The number of methoxy groups -OCH3 is 1. The second-order valence-electron chi connectivity index (χ2n) is 3.46. The normalized spacial score (nSPS) is 13.2. The molecular weight excluding hydrogens is 191 g/mol. The Morgan fingerprint density at radius 2 is 1.80 bits per heavy atom. The molecule has 0 unspecified atom stereocenters. The van der Waals surface area contributed by atoms with Crippen molar-refractivity contribution < 1.29 is 9.13 Å². The number of rotatable bonds is 4. The first-order chi connectivity index (χ1) is 7.02. The Labute approximate surface area is 91.6 Å². The van der Waals surface area contributed by atoms with Crippen molar-refractivity contribution in [2.24, 2.45) is 0 Å². The Bertz CT molecular complexity index is 315. The first kappa shape index (κ1) is 13.7. The van der Waals surface area contributed by atoms with Crippen LogP contribution in [0.4, 0.5) is 4.39 Å². The fourth-order valence-electron chi connectivity index (χ4n) is 0.961. The van der Waals surface area contributed by atoms with E-state index in [0.717, 1.165) is 5.57 Å². The molecule has 0 aliphatic carbocycles. The predicted molar refractivity (Wildman–Crippen MR) is 63.1 cm³/mol. The van der Waals surface area contributed by atoms with E-state index in [2.05, 4.69) is 0 Å². The lowest BCUT2D eigenvalue weighted by Crippen LogP contribution is -1.90. The highest BCUT2D eigenvalue weighted by molar-refractivity contribution is 5.32. The molecule has 0 atom stereocenters. The molecule has 84 valence electrons. The van der Waals surface area contributed by atoms with Gasteiger partial charge >= 0.3 is 0 Å². The maximum Gasteiger partial charge on any atom is 0.163 e. The topological polar surface area (TPSA) is 9.23 Å². The molecule has 0 rings (SSSR count). The Morgan fingerprint density at radius 1 is 1.20 bits per heavy atom. The van der Waals surface area contributed by atoms with E-state index < -0.39 is 0 Å². The Hall–Kier alpha value is -1.31.